The van der Waals surface area contributed by atoms with Crippen LogP contribution in [0.15, 0.2) is 34.6 Å². The van der Waals surface area contributed by atoms with Crippen molar-refractivity contribution in [3.05, 3.63) is 40.3 Å². The minimum Gasteiger partial charge on any atom is -0.495 e. The van der Waals surface area contributed by atoms with Crippen molar-refractivity contribution in [1.29, 1.82) is 0 Å². The summed E-state index contributed by atoms with van der Waals surface area (Å²) in [6, 6.07) is 8.23. The first kappa shape index (κ1) is 19.5. The van der Waals surface area contributed by atoms with Crippen LogP contribution in [-0.4, -0.2) is 62.2 Å². The monoisotopic (exact) mass is 387 g/mol. The lowest BCUT2D eigenvalue weighted by Gasteiger charge is -2.38. The number of piperazine rings is 1. The van der Waals surface area contributed by atoms with Gasteiger partial charge < -0.3 is 19.9 Å². The molecule has 1 aliphatic heterocycles. The summed E-state index contributed by atoms with van der Waals surface area (Å²) >= 11 is 1.70. The van der Waals surface area contributed by atoms with Crippen LogP contribution in [0.3, 0.4) is 0 Å². The second-order valence-corrected chi connectivity index (χ2v) is 7.55. The lowest BCUT2D eigenvalue weighted by molar-refractivity contribution is 0.367. The van der Waals surface area contributed by atoms with Gasteiger partial charge in [-0.2, -0.15) is 0 Å². The number of anilines is 1. The van der Waals surface area contributed by atoms with Crippen LogP contribution >= 0.6 is 11.3 Å². The number of nitrogens with zero attached hydrogens (tertiary/aromatic N) is 4. The highest BCUT2D eigenvalue weighted by molar-refractivity contribution is 7.09. The van der Waals surface area contributed by atoms with Crippen LogP contribution in [-0.2, 0) is 6.42 Å². The van der Waals surface area contributed by atoms with Crippen molar-refractivity contribution < 1.29 is 4.74 Å². The molecule has 1 fully saturated rings. The number of rotatable bonds is 6. The van der Waals surface area contributed by atoms with Gasteiger partial charge in [-0.25, -0.2) is 4.98 Å². The largest absolute Gasteiger partial charge is 0.495 e. The Morgan fingerprint density at radius 1 is 1.26 bits per heavy atom. The van der Waals surface area contributed by atoms with Gasteiger partial charge in [-0.05, 0) is 26.0 Å². The average molecular weight is 388 g/mol. The number of aryl methyl sites for hydroxylation is 1. The molecule has 7 heteroatoms. The first-order chi connectivity index (χ1) is 13.2. The fraction of sp³-hybridized carbons (Fsp3) is 0.500. The fourth-order valence-corrected chi connectivity index (χ4v) is 3.92. The summed E-state index contributed by atoms with van der Waals surface area (Å²) in [4.78, 5) is 14.1. The van der Waals surface area contributed by atoms with Gasteiger partial charge in [-0.3, -0.25) is 4.99 Å². The summed E-state index contributed by atoms with van der Waals surface area (Å²) in [7, 11) is 1.73. The number of para-hydroxylation sites is 2. The smallest absolute Gasteiger partial charge is 0.194 e. The maximum absolute atomic E-state index is 5.51. The lowest BCUT2D eigenvalue weighted by Crippen LogP contribution is -2.52. The van der Waals surface area contributed by atoms with E-state index >= 15 is 0 Å². The second kappa shape index (κ2) is 9.60. The molecule has 0 atom stereocenters. The van der Waals surface area contributed by atoms with Gasteiger partial charge in [0, 0.05) is 51.1 Å². The molecule has 3 rings (SSSR count). The minimum absolute atomic E-state index is 0.762. The average Bonchev–Trinajstić information content (AvgIpc) is 3.12. The van der Waals surface area contributed by atoms with Crippen molar-refractivity contribution in [3.8, 4) is 5.75 Å². The predicted molar refractivity (Wildman–Crippen MR) is 113 cm³/mol. The van der Waals surface area contributed by atoms with E-state index in [1.54, 1.807) is 18.4 Å². The molecule has 1 aliphatic rings. The van der Waals surface area contributed by atoms with Gasteiger partial charge in [0.05, 0.1) is 23.5 Å². The first-order valence-corrected chi connectivity index (χ1v) is 10.4. The fourth-order valence-electron chi connectivity index (χ4n) is 3.28. The second-order valence-electron chi connectivity index (χ2n) is 6.49. The summed E-state index contributed by atoms with van der Waals surface area (Å²) < 4.78 is 5.51. The number of benzene rings is 1. The molecule has 0 unspecified atom stereocenters. The third-order valence-electron chi connectivity index (χ3n) is 4.64. The Morgan fingerprint density at radius 2 is 2.04 bits per heavy atom. The molecule has 2 heterocycles. The maximum Gasteiger partial charge on any atom is 0.194 e. The molecule has 0 bridgehead atoms. The van der Waals surface area contributed by atoms with E-state index in [1.165, 1.54) is 5.69 Å². The number of hydrogen-bond donors (Lipinski definition) is 1. The Balaban J connectivity index is 1.58. The normalized spacial score (nSPS) is 15.1. The summed E-state index contributed by atoms with van der Waals surface area (Å²) in [5.41, 5.74) is 2.30. The van der Waals surface area contributed by atoms with Gasteiger partial charge >= 0.3 is 0 Å². The van der Waals surface area contributed by atoms with E-state index in [1.807, 2.05) is 19.1 Å². The molecular formula is C20H29N5OS. The number of thiazole rings is 1. The zero-order chi connectivity index (χ0) is 19.1. The van der Waals surface area contributed by atoms with Gasteiger partial charge in [0.15, 0.2) is 5.96 Å². The molecule has 6 nitrogen and oxygen atoms in total. The van der Waals surface area contributed by atoms with Gasteiger partial charge in [-0.1, -0.05) is 12.1 Å². The zero-order valence-corrected chi connectivity index (χ0v) is 17.3. The Morgan fingerprint density at radius 3 is 2.70 bits per heavy atom. The molecule has 146 valence electrons. The van der Waals surface area contributed by atoms with Crippen molar-refractivity contribution in [2.24, 2.45) is 4.99 Å². The van der Waals surface area contributed by atoms with Crippen molar-refractivity contribution >= 4 is 23.0 Å². The van der Waals surface area contributed by atoms with E-state index in [-0.39, 0.29) is 0 Å². The SMILES string of the molecule is CCNC(=NCCc1csc(C)n1)N1CCN(c2ccccc2OC)CC1. The quantitative estimate of drug-likeness (QED) is 0.610. The highest BCUT2D eigenvalue weighted by atomic mass is 32.1. The number of guanidine groups is 1. The molecule has 27 heavy (non-hydrogen) atoms. The molecule has 2 aromatic rings. The van der Waals surface area contributed by atoms with Crippen molar-refractivity contribution in [2.75, 3.05) is 51.3 Å². The molecule has 1 aromatic carbocycles. The highest BCUT2D eigenvalue weighted by Crippen LogP contribution is 2.28. The number of ether oxygens (including phenoxy) is 1. The molecule has 1 aromatic heterocycles. The van der Waals surface area contributed by atoms with Crippen LogP contribution in [0.2, 0.25) is 0 Å². The van der Waals surface area contributed by atoms with Crippen LogP contribution < -0.4 is 15.0 Å². The van der Waals surface area contributed by atoms with Crippen LogP contribution in [0.5, 0.6) is 5.75 Å². The molecule has 0 aliphatic carbocycles. The molecule has 0 amide bonds. The third-order valence-corrected chi connectivity index (χ3v) is 5.46. The van der Waals surface area contributed by atoms with Gasteiger partial charge in [0.2, 0.25) is 0 Å². The molecule has 1 N–H and O–H groups in total. The summed E-state index contributed by atoms with van der Waals surface area (Å²) in [5.74, 6) is 1.94. The first-order valence-electron chi connectivity index (χ1n) is 9.53. The van der Waals surface area contributed by atoms with Crippen molar-refractivity contribution in [3.63, 3.8) is 0 Å². The van der Waals surface area contributed by atoms with Crippen molar-refractivity contribution in [1.82, 2.24) is 15.2 Å². The summed E-state index contributed by atoms with van der Waals surface area (Å²) in [6.07, 6.45) is 0.889. The zero-order valence-electron chi connectivity index (χ0n) is 16.4. The van der Waals surface area contributed by atoms with E-state index in [4.69, 9.17) is 9.73 Å². The van der Waals surface area contributed by atoms with Crippen LogP contribution in [0.4, 0.5) is 5.69 Å². The third kappa shape index (κ3) is 5.13. The number of nitrogens with one attached hydrogen (secondary N) is 1. The van der Waals surface area contributed by atoms with Crippen molar-refractivity contribution in [2.45, 2.75) is 20.3 Å². The van der Waals surface area contributed by atoms with Gasteiger partial charge in [0.25, 0.3) is 0 Å². The molecule has 0 spiro atoms. The minimum atomic E-state index is 0.762. The Kier molecular flexibility index (Phi) is 6.92. The van der Waals surface area contributed by atoms with Crippen LogP contribution in [0.1, 0.15) is 17.6 Å². The Bertz CT molecular complexity index is 752. The maximum atomic E-state index is 5.51. The highest BCUT2D eigenvalue weighted by Gasteiger charge is 2.21. The number of hydrogen-bond acceptors (Lipinski definition) is 5. The number of aliphatic imine (C=N–C) groups is 1. The lowest BCUT2D eigenvalue weighted by atomic mass is 10.2. The predicted octanol–water partition coefficient (Wildman–Crippen LogP) is 2.79. The van der Waals surface area contributed by atoms with E-state index in [0.29, 0.717) is 0 Å². The Hall–Kier alpha value is -2.28. The van der Waals surface area contributed by atoms with E-state index in [9.17, 15) is 0 Å². The van der Waals surface area contributed by atoms with Crippen LogP contribution in [0, 0.1) is 6.92 Å². The van der Waals surface area contributed by atoms with Crippen LogP contribution in [0.25, 0.3) is 0 Å². The molecule has 1 saturated heterocycles. The van der Waals surface area contributed by atoms with Gasteiger partial charge in [0.1, 0.15) is 5.75 Å². The summed E-state index contributed by atoms with van der Waals surface area (Å²) in [6.45, 7) is 9.60. The standard InChI is InChI=1S/C20H29N5OS/c1-4-21-20(22-10-9-17-15-27-16(2)23-17)25-13-11-24(12-14-25)18-7-5-6-8-19(18)26-3/h5-8,15H,4,9-14H2,1-3H3,(H,21,22). The molecular weight excluding hydrogens is 358 g/mol. The molecule has 0 radical (unpaired) electrons. The van der Waals surface area contributed by atoms with E-state index in [2.05, 4.69) is 44.5 Å². The number of methoxy groups -OCH3 is 1. The Labute approximate surface area is 165 Å². The topological polar surface area (TPSA) is 53.0 Å². The molecule has 0 saturated carbocycles. The van der Waals surface area contributed by atoms with Gasteiger partial charge in [-0.15, -0.1) is 11.3 Å². The van der Waals surface area contributed by atoms with E-state index in [0.717, 1.165) is 68.1 Å². The van der Waals surface area contributed by atoms with E-state index < -0.39 is 0 Å². The summed E-state index contributed by atoms with van der Waals surface area (Å²) in [5, 5.41) is 6.68. The number of aromatic nitrogens is 1.